The summed E-state index contributed by atoms with van der Waals surface area (Å²) in [7, 11) is 0. The molecule has 0 aliphatic heterocycles. The Balaban J connectivity index is 0.000000178. The zero-order chi connectivity index (χ0) is 32.2. The molecule has 0 aliphatic carbocycles. The fourth-order valence-electron chi connectivity index (χ4n) is 4.43. The molecule has 0 atom stereocenters. The summed E-state index contributed by atoms with van der Waals surface area (Å²) in [5.41, 5.74) is 2.17. The molecular weight excluding hydrogens is 753 g/mol. The summed E-state index contributed by atoms with van der Waals surface area (Å²) >= 11 is 18.3. The number of halogens is 6. The Bertz CT molecular complexity index is 2140. The molecule has 0 radical (unpaired) electrons. The van der Waals surface area contributed by atoms with E-state index in [0.717, 1.165) is 37.5 Å². The number of rotatable bonds is 6. The molecule has 0 N–H and O–H groups in total. The van der Waals surface area contributed by atoms with Crippen molar-refractivity contribution in [2.75, 3.05) is 0 Å². The number of carbonyl (C=O) groups excluding carboxylic acids is 3. The number of pyridine rings is 2. The van der Waals surface area contributed by atoms with Crippen molar-refractivity contribution in [3.8, 4) is 0 Å². The predicted molar refractivity (Wildman–Crippen MR) is 178 cm³/mol. The molecule has 0 fully saturated rings. The number of ketones is 3. The molecule has 0 spiro atoms. The highest BCUT2D eigenvalue weighted by Gasteiger charge is 2.22. The number of nitrogens with zero attached hydrogens (tertiary/aromatic N) is 2. The van der Waals surface area contributed by atoms with Gasteiger partial charge in [0, 0.05) is 54.1 Å². The van der Waals surface area contributed by atoms with Crippen LogP contribution in [0.15, 0.2) is 106 Å². The molecular formula is C34H18Br2Cl2F2N2O3. The van der Waals surface area contributed by atoms with E-state index in [9.17, 15) is 23.2 Å². The Labute approximate surface area is 282 Å². The molecule has 2 aromatic heterocycles. The van der Waals surface area contributed by atoms with Crippen molar-refractivity contribution >= 4 is 94.2 Å². The first-order valence-electron chi connectivity index (χ1n) is 13.1. The van der Waals surface area contributed by atoms with E-state index in [1.54, 1.807) is 30.6 Å². The SMILES string of the molecule is O=C(C(=O)c1cc(Cl)ccc1F)c1ccc2ncc(Br)cc2c1.O=C(Cc1ccc2ncc(Br)cc2c1)c1cc(Cl)ccc1F. The summed E-state index contributed by atoms with van der Waals surface area (Å²) in [4.78, 5) is 45.3. The maximum Gasteiger partial charge on any atom is 0.236 e. The zero-order valence-electron chi connectivity index (χ0n) is 22.8. The van der Waals surface area contributed by atoms with E-state index in [4.69, 9.17) is 23.2 Å². The molecule has 0 aliphatic rings. The summed E-state index contributed by atoms with van der Waals surface area (Å²) in [6.07, 6.45) is 3.46. The van der Waals surface area contributed by atoms with E-state index in [-0.39, 0.29) is 33.9 Å². The molecule has 0 saturated carbocycles. The Morgan fingerprint density at radius 3 is 1.78 bits per heavy atom. The first-order chi connectivity index (χ1) is 21.5. The predicted octanol–water partition coefficient (Wildman–Crippen LogP) is 10.1. The van der Waals surface area contributed by atoms with Gasteiger partial charge >= 0.3 is 0 Å². The molecule has 11 heteroatoms. The Kier molecular flexibility index (Phi) is 10.1. The largest absolute Gasteiger partial charge is 0.294 e. The van der Waals surface area contributed by atoms with Gasteiger partial charge in [0.15, 0.2) is 5.78 Å². The number of hydrogen-bond donors (Lipinski definition) is 0. The van der Waals surface area contributed by atoms with Gasteiger partial charge < -0.3 is 0 Å². The quantitative estimate of drug-likeness (QED) is 0.125. The number of Topliss-reactive ketones (excluding diaryl/α,β-unsaturated/α-hetero) is 3. The van der Waals surface area contributed by atoms with Crippen molar-refractivity contribution in [2.24, 2.45) is 0 Å². The van der Waals surface area contributed by atoms with Gasteiger partial charge in [0.2, 0.25) is 11.6 Å². The van der Waals surface area contributed by atoms with Crippen LogP contribution in [0.5, 0.6) is 0 Å². The van der Waals surface area contributed by atoms with Gasteiger partial charge in [-0.1, -0.05) is 29.3 Å². The Hall–Kier alpha value is -3.89. The highest BCUT2D eigenvalue weighted by molar-refractivity contribution is 9.10. The third-order valence-electron chi connectivity index (χ3n) is 6.60. The lowest BCUT2D eigenvalue weighted by Gasteiger charge is -2.05. The summed E-state index contributed by atoms with van der Waals surface area (Å²) in [6.45, 7) is 0. The van der Waals surface area contributed by atoms with Gasteiger partial charge in [0.1, 0.15) is 11.6 Å². The average Bonchev–Trinajstić information content (AvgIpc) is 3.02. The fraction of sp³-hybridized carbons (Fsp3) is 0.0294. The van der Waals surface area contributed by atoms with Crippen LogP contribution in [0.4, 0.5) is 8.78 Å². The van der Waals surface area contributed by atoms with E-state index in [2.05, 4.69) is 41.8 Å². The number of carbonyl (C=O) groups is 3. The van der Waals surface area contributed by atoms with Gasteiger partial charge in [-0.2, -0.15) is 0 Å². The average molecular weight is 771 g/mol. The third kappa shape index (κ3) is 7.86. The highest BCUT2D eigenvalue weighted by Crippen LogP contribution is 2.23. The first-order valence-corrected chi connectivity index (χ1v) is 15.4. The van der Waals surface area contributed by atoms with Gasteiger partial charge in [-0.15, -0.1) is 0 Å². The van der Waals surface area contributed by atoms with E-state index < -0.39 is 23.2 Å². The molecule has 0 unspecified atom stereocenters. The standard InChI is InChI=1S/C17H8BrClFNO2.C17H10BrClFNO/c18-11-6-10-5-9(1-4-15(10)21-8-11)16(22)17(23)13-7-12(19)2-3-14(13)20;18-12-7-11-5-10(1-4-16(11)21-9-12)6-17(22)14-8-13(19)2-3-15(14)20/h1-8H;1-5,7-9H,6H2. The van der Waals surface area contributed by atoms with E-state index in [0.29, 0.717) is 15.9 Å². The molecule has 45 heavy (non-hydrogen) atoms. The molecule has 2 heterocycles. The smallest absolute Gasteiger partial charge is 0.236 e. The Morgan fingerprint density at radius 1 is 0.622 bits per heavy atom. The monoisotopic (exact) mass is 768 g/mol. The summed E-state index contributed by atoms with van der Waals surface area (Å²) < 4.78 is 29.1. The molecule has 224 valence electrons. The maximum absolute atomic E-state index is 13.8. The van der Waals surface area contributed by atoms with Gasteiger partial charge in [-0.3, -0.25) is 24.4 Å². The highest BCUT2D eigenvalue weighted by atomic mass is 79.9. The van der Waals surface area contributed by atoms with Crippen molar-refractivity contribution in [1.29, 1.82) is 0 Å². The van der Waals surface area contributed by atoms with Crippen LogP contribution >= 0.6 is 55.1 Å². The van der Waals surface area contributed by atoms with Crippen molar-refractivity contribution in [1.82, 2.24) is 9.97 Å². The maximum atomic E-state index is 13.8. The minimum atomic E-state index is -0.938. The molecule has 0 saturated heterocycles. The zero-order valence-corrected chi connectivity index (χ0v) is 27.5. The number of hydrogen-bond acceptors (Lipinski definition) is 5. The van der Waals surface area contributed by atoms with Gasteiger partial charge in [-0.25, -0.2) is 8.78 Å². The van der Waals surface area contributed by atoms with Crippen molar-refractivity contribution < 1.29 is 23.2 Å². The number of fused-ring (bicyclic) bond motifs is 2. The van der Waals surface area contributed by atoms with Crippen LogP contribution in [0.25, 0.3) is 21.8 Å². The minimum absolute atomic E-state index is 0.0139. The van der Waals surface area contributed by atoms with Gasteiger partial charge in [0.05, 0.1) is 22.2 Å². The van der Waals surface area contributed by atoms with E-state index in [1.807, 2.05) is 24.3 Å². The van der Waals surface area contributed by atoms with Crippen molar-refractivity contribution in [3.05, 3.63) is 150 Å². The fourth-order valence-corrected chi connectivity index (χ4v) is 5.47. The Morgan fingerprint density at radius 2 is 1.16 bits per heavy atom. The topological polar surface area (TPSA) is 77.0 Å². The third-order valence-corrected chi connectivity index (χ3v) is 7.93. The lowest BCUT2D eigenvalue weighted by Crippen LogP contribution is -2.16. The lowest BCUT2D eigenvalue weighted by atomic mass is 10.00. The van der Waals surface area contributed by atoms with Crippen LogP contribution in [0.2, 0.25) is 10.0 Å². The summed E-state index contributed by atoms with van der Waals surface area (Å²) in [6, 6.07) is 21.5. The van der Waals surface area contributed by atoms with Crippen molar-refractivity contribution in [3.63, 3.8) is 0 Å². The van der Waals surface area contributed by atoms with Crippen LogP contribution in [0.3, 0.4) is 0 Å². The second-order valence-electron chi connectivity index (χ2n) is 9.75. The second-order valence-corrected chi connectivity index (χ2v) is 12.5. The number of benzene rings is 4. The van der Waals surface area contributed by atoms with Gasteiger partial charge in [0.25, 0.3) is 0 Å². The van der Waals surface area contributed by atoms with Crippen molar-refractivity contribution in [2.45, 2.75) is 6.42 Å². The minimum Gasteiger partial charge on any atom is -0.294 e. The number of aromatic nitrogens is 2. The van der Waals surface area contributed by atoms with Crippen LogP contribution < -0.4 is 0 Å². The molecule has 0 bridgehead atoms. The first kappa shape index (κ1) is 32.5. The van der Waals surface area contributed by atoms with Crippen LogP contribution in [0, 0.1) is 11.6 Å². The normalized spacial score (nSPS) is 10.8. The van der Waals surface area contributed by atoms with Gasteiger partial charge in [-0.05, 0) is 116 Å². The molecule has 0 amide bonds. The lowest BCUT2D eigenvalue weighted by molar-refractivity contribution is 0.0814. The summed E-state index contributed by atoms with van der Waals surface area (Å²) in [5.74, 6) is -3.37. The molecule has 5 nitrogen and oxygen atoms in total. The summed E-state index contributed by atoms with van der Waals surface area (Å²) in [5, 5.41) is 2.15. The molecule has 4 aromatic carbocycles. The van der Waals surface area contributed by atoms with Crippen LogP contribution in [0.1, 0.15) is 36.6 Å². The molecule has 6 rings (SSSR count). The van der Waals surface area contributed by atoms with E-state index >= 15 is 0 Å². The van der Waals surface area contributed by atoms with E-state index in [1.165, 1.54) is 30.3 Å². The molecule has 6 aromatic rings. The van der Waals surface area contributed by atoms with Crippen LogP contribution in [-0.2, 0) is 6.42 Å². The second kappa shape index (κ2) is 14.0. The van der Waals surface area contributed by atoms with Crippen LogP contribution in [-0.4, -0.2) is 27.3 Å².